The van der Waals surface area contributed by atoms with Crippen molar-refractivity contribution in [3.63, 3.8) is 0 Å². The molecule has 1 aliphatic carbocycles. The van der Waals surface area contributed by atoms with E-state index in [1.807, 2.05) is 37.5 Å². The van der Waals surface area contributed by atoms with Crippen molar-refractivity contribution in [2.45, 2.75) is 45.1 Å². The number of nitrogens with zero attached hydrogens (tertiary/aromatic N) is 4. The lowest BCUT2D eigenvalue weighted by molar-refractivity contribution is 0.328. The van der Waals surface area contributed by atoms with Crippen LogP contribution < -0.4 is 10.1 Å². The number of hydrogen-bond acceptors (Lipinski definition) is 6. The van der Waals surface area contributed by atoms with Gasteiger partial charge in [0.05, 0.1) is 22.1 Å². The predicted molar refractivity (Wildman–Crippen MR) is 126 cm³/mol. The first-order valence-electron chi connectivity index (χ1n) is 10.9. The van der Waals surface area contributed by atoms with Gasteiger partial charge in [-0.2, -0.15) is 5.10 Å². The third-order valence-corrected chi connectivity index (χ3v) is 6.99. The lowest BCUT2D eigenvalue weighted by Gasteiger charge is -2.28. The smallest absolute Gasteiger partial charge is 0.184 e. The fourth-order valence-electron chi connectivity index (χ4n) is 4.30. The molecule has 0 bridgehead atoms. The number of benzene rings is 1. The summed E-state index contributed by atoms with van der Waals surface area (Å²) in [5, 5.41) is 8.86. The number of fused-ring (bicyclic) bond motifs is 1. The van der Waals surface area contributed by atoms with Crippen molar-refractivity contribution >= 4 is 26.7 Å². The summed E-state index contributed by atoms with van der Waals surface area (Å²) < 4.78 is 9.02. The number of ether oxygens (including phenoxy) is 1. The van der Waals surface area contributed by atoms with Crippen molar-refractivity contribution in [1.82, 2.24) is 19.7 Å². The standard InChI is InChI=1S/C24H27N5OS/c1-16(17-6-4-3-5-7-17)27-24-28-21-9-8-19(13-23(21)31-24)30-20-10-11-25-22(12-20)18-14-26-29(2)15-18/h8-17H,3-7H2,1-2H3,(H,27,28). The van der Waals surface area contributed by atoms with Gasteiger partial charge in [-0.3, -0.25) is 9.67 Å². The summed E-state index contributed by atoms with van der Waals surface area (Å²) in [4.78, 5) is 9.22. The number of aromatic nitrogens is 4. The molecule has 0 aliphatic heterocycles. The van der Waals surface area contributed by atoms with Crippen LogP contribution >= 0.6 is 11.3 Å². The molecular formula is C24H27N5OS. The highest BCUT2D eigenvalue weighted by Crippen LogP contribution is 2.34. The Morgan fingerprint density at radius 3 is 2.77 bits per heavy atom. The first-order chi connectivity index (χ1) is 15.1. The molecule has 4 aromatic rings. The maximum absolute atomic E-state index is 6.13. The van der Waals surface area contributed by atoms with Gasteiger partial charge in [-0.25, -0.2) is 4.98 Å². The van der Waals surface area contributed by atoms with E-state index in [9.17, 15) is 0 Å². The van der Waals surface area contributed by atoms with Crippen molar-refractivity contribution in [2.75, 3.05) is 5.32 Å². The molecule has 1 fully saturated rings. The fraction of sp³-hybridized carbons (Fsp3) is 0.375. The molecule has 0 saturated heterocycles. The van der Waals surface area contributed by atoms with Crippen LogP contribution in [-0.4, -0.2) is 25.8 Å². The average molecular weight is 434 g/mol. The van der Waals surface area contributed by atoms with Crippen LogP contribution in [0.4, 0.5) is 5.13 Å². The van der Waals surface area contributed by atoms with E-state index in [4.69, 9.17) is 9.72 Å². The molecule has 1 unspecified atom stereocenters. The minimum absolute atomic E-state index is 0.458. The van der Waals surface area contributed by atoms with Crippen LogP contribution in [0, 0.1) is 5.92 Å². The Kier molecular flexibility index (Phi) is 5.59. The molecule has 7 heteroatoms. The summed E-state index contributed by atoms with van der Waals surface area (Å²) in [5.74, 6) is 2.30. The second kappa shape index (κ2) is 8.67. The monoisotopic (exact) mass is 433 g/mol. The Hall–Kier alpha value is -2.93. The SMILES string of the molecule is CC(Nc1nc2ccc(Oc3ccnc(-c4cnn(C)c4)c3)cc2s1)C1CCCCC1. The second-order valence-electron chi connectivity index (χ2n) is 8.36. The predicted octanol–water partition coefficient (Wildman–Crippen LogP) is 6.26. The van der Waals surface area contributed by atoms with Crippen molar-refractivity contribution < 1.29 is 4.74 Å². The maximum atomic E-state index is 6.13. The Labute approximate surface area is 186 Å². The van der Waals surface area contributed by atoms with E-state index in [0.717, 1.165) is 44.0 Å². The fourth-order valence-corrected chi connectivity index (χ4v) is 5.29. The molecule has 1 atom stereocenters. The molecule has 160 valence electrons. The minimum atomic E-state index is 0.458. The molecule has 5 rings (SSSR count). The van der Waals surface area contributed by atoms with Gasteiger partial charge in [-0.05, 0) is 43.9 Å². The lowest BCUT2D eigenvalue weighted by atomic mass is 9.85. The van der Waals surface area contributed by atoms with Gasteiger partial charge in [-0.1, -0.05) is 30.6 Å². The maximum Gasteiger partial charge on any atom is 0.184 e. The Bertz CT molecular complexity index is 1180. The van der Waals surface area contributed by atoms with Crippen LogP contribution in [0.3, 0.4) is 0 Å². The van der Waals surface area contributed by atoms with Crippen LogP contribution in [0.2, 0.25) is 0 Å². The van der Waals surface area contributed by atoms with E-state index >= 15 is 0 Å². The largest absolute Gasteiger partial charge is 0.457 e. The Balaban J connectivity index is 1.31. The molecule has 3 heterocycles. The first kappa shape index (κ1) is 20.0. The number of rotatable bonds is 6. The quantitative estimate of drug-likeness (QED) is 0.388. The molecule has 1 N–H and O–H groups in total. The zero-order valence-corrected chi connectivity index (χ0v) is 18.7. The number of pyridine rings is 1. The third-order valence-electron chi connectivity index (χ3n) is 6.04. The van der Waals surface area contributed by atoms with Crippen molar-refractivity contribution in [3.8, 4) is 22.8 Å². The van der Waals surface area contributed by atoms with E-state index in [1.165, 1.54) is 32.1 Å². The summed E-state index contributed by atoms with van der Waals surface area (Å²) in [7, 11) is 1.90. The summed E-state index contributed by atoms with van der Waals surface area (Å²) >= 11 is 1.69. The van der Waals surface area contributed by atoms with Gasteiger partial charge in [0.2, 0.25) is 0 Å². The van der Waals surface area contributed by atoms with Gasteiger partial charge < -0.3 is 10.1 Å². The van der Waals surface area contributed by atoms with Gasteiger partial charge in [0.25, 0.3) is 0 Å². The number of nitrogens with one attached hydrogen (secondary N) is 1. The topological polar surface area (TPSA) is 64.9 Å². The zero-order chi connectivity index (χ0) is 21.2. The van der Waals surface area contributed by atoms with Crippen LogP contribution in [0.1, 0.15) is 39.0 Å². The van der Waals surface area contributed by atoms with E-state index in [2.05, 4.69) is 28.4 Å². The summed E-state index contributed by atoms with van der Waals surface area (Å²) in [5.41, 5.74) is 2.81. The molecule has 31 heavy (non-hydrogen) atoms. The molecule has 0 radical (unpaired) electrons. The molecule has 0 amide bonds. The first-order valence-corrected chi connectivity index (χ1v) is 11.8. The van der Waals surface area contributed by atoms with E-state index in [-0.39, 0.29) is 0 Å². The van der Waals surface area contributed by atoms with Gasteiger partial charge >= 0.3 is 0 Å². The van der Waals surface area contributed by atoms with Crippen molar-refractivity contribution in [1.29, 1.82) is 0 Å². The third kappa shape index (κ3) is 4.56. The molecule has 1 aliphatic rings. The molecule has 0 spiro atoms. The zero-order valence-electron chi connectivity index (χ0n) is 17.9. The van der Waals surface area contributed by atoms with Crippen LogP contribution in [0.15, 0.2) is 48.9 Å². The van der Waals surface area contributed by atoms with Crippen molar-refractivity contribution in [2.24, 2.45) is 13.0 Å². The molecule has 1 saturated carbocycles. The number of aryl methyl sites for hydroxylation is 1. The molecule has 1 aromatic carbocycles. The minimum Gasteiger partial charge on any atom is -0.457 e. The van der Waals surface area contributed by atoms with Crippen LogP contribution in [0.25, 0.3) is 21.5 Å². The Morgan fingerprint density at radius 1 is 1.13 bits per heavy atom. The van der Waals surface area contributed by atoms with Gasteiger partial charge in [0.15, 0.2) is 5.13 Å². The number of anilines is 1. The highest BCUT2D eigenvalue weighted by atomic mass is 32.1. The molecule has 6 nitrogen and oxygen atoms in total. The molecular weight excluding hydrogens is 406 g/mol. The summed E-state index contributed by atoms with van der Waals surface area (Å²) in [6, 6.07) is 10.3. The summed E-state index contributed by atoms with van der Waals surface area (Å²) in [6.45, 7) is 2.29. The normalized spacial score (nSPS) is 15.8. The van der Waals surface area contributed by atoms with Gasteiger partial charge in [0.1, 0.15) is 11.5 Å². The lowest BCUT2D eigenvalue weighted by Crippen LogP contribution is -2.27. The number of hydrogen-bond donors (Lipinski definition) is 1. The van der Waals surface area contributed by atoms with Crippen LogP contribution in [0.5, 0.6) is 11.5 Å². The van der Waals surface area contributed by atoms with Crippen LogP contribution in [-0.2, 0) is 7.05 Å². The van der Waals surface area contributed by atoms with Crippen molar-refractivity contribution in [3.05, 3.63) is 48.9 Å². The molecule has 3 aromatic heterocycles. The average Bonchev–Trinajstić information content (AvgIpc) is 3.40. The van der Waals surface area contributed by atoms with Gasteiger partial charge in [-0.15, -0.1) is 0 Å². The number of thiazole rings is 1. The highest BCUT2D eigenvalue weighted by molar-refractivity contribution is 7.22. The Morgan fingerprint density at radius 2 is 1.97 bits per heavy atom. The van der Waals surface area contributed by atoms with E-state index < -0.39 is 0 Å². The summed E-state index contributed by atoms with van der Waals surface area (Å²) in [6.07, 6.45) is 12.3. The van der Waals surface area contributed by atoms with E-state index in [0.29, 0.717) is 6.04 Å². The van der Waals surface area contributed by atoms with Gasteiger partial charge in [0, 0.05) is 43.2 Å². The highest BCUT2D eigenvalue weighted by Gasteiger charge is 2.21. The second-order valence-corrected chi connectivity index (χ2v) is 9.39. The van der Waals surface area contributed by atoms with E-state index in [1.54, 1.807) is 28.4 Å².